The summed E-state index contributed by atoms with van der Waals surface area (Å²) in [7, 11) is 0. The predicted octanol–water partition coefficient (Wildman–Crippen LogP) is 5.43. The molecule has 0 saturated carbocycles. The minimum Gasteiger partial charge on any atom is -1.00 e. The molecular weight excluding hydrogens is 1010 g/mol. The van der Waals surface area contributed by atoms with Crippen molar-refractivity contribution in [2.45, 2.75) is 62.7 Å². The maximum atomic E-state index is 13.7. The molecule has 6 saturated heterocycles. The number of piperidine rings is 6. The molecular formula is C56H62Br3FN2O3. The predicted molar refractivity (Wildman–Crippen MR) is 253 cm³/mol. The molecule has 0 aliphatic carbocycles. The Morgan fingerprint density at radius 1 is 0.508 bits per heavy atom. The van der Waals surface area contributed by atoms with Crippen molar-refractivity contribution in [3.63, 3.8) is 0 Å². The van der Waals surface area contributed by atoms with Crippen LogP contribution in [0.5, 0.6) is 5.75 Å². The third kappa shape index (κ3) is 9.59. The molecule has 6 aliphatic rings. The first-order chi connectivity index (χ1) is 30.6. The van der Waals surface area contributed by atoms with Gasteiger partial charge in [0.25, 0.3) is 0 Å². The quantitative estimate of drug-likeness (QED) is 0.120. The molecule has 0 aromatic heterocycles. The van der Waals surface area contributed by atoms with Gasteiger partial charge in [-0.25, -0.2) is 4.39 Å². The first kappa shape index (κ1) is 49.2. The summed E-state index contributed by atoms with van der Waals surface area (Å²) in [6, 6.07) is 56.2. The lowest BCUT2D eigenvalue weighted by atomic mass is 9.56. The maximum absolute atomic E-state index is 13.7. The normalized spacial score (nSPS) is 24.4. The second-order valence-corrected chi connectivity index (χ2v) is 20.0. The summed E-state index contributed by atoms with van der Waals surface area (Å²) >= 11 is 3.57. The topological polar surface area (TPSA) is 49.7 Å². The molecule has 342 valence electrons. The minimum absolute atomic E-state index is 0. The van der Waals surface area contributed by atoms with Crippen LogP contribution in [0.1, 0.15) is 72.8 Å². The number of hydrogen-bond donors (Lipinski definition) is 2. The molecule has 12 rings (SSSR count). The zero-order chi connectivity index (χ0) is 43.4. The lowest BCUT2D eigenvalue weighted by molar-refractivity contribution is -0.958. The van der Waals surface area contributed by atoms with Gasteiger partial charge in [0.2, 0.25) is 0 Å². The summed E-state index contributed by atoms with van der Waals surface area (Å²) < 4.78 is 22.9. The number of rotatable bonds is 13. The molecule has 2 N–H and O–H groups in total. The van der Waals surface area contributed by atoms with Crippen molar-refractivity contribution < 1.29 is 62.3 Å². The van der Waals surface area contributed by atoms with Crippen molar-refractivity contribution in [1.29, 1.82) is 0 Å². The van der Waals surface area contributed by atoms with Gasteiger partial charge in [0.1, 0.15) is 29.3 Å². The van der Waals surface area contributed by atoms with Crippen LogP contribution in [0.2, 0.25) is 0 Å². The molecule has 5 nitrogen and oxygen atoms in total. The fraction of sp³-hybridized carbons (Fsp3) is 0.357. The Morgan fingerprint density at radius 2 is 0.892 bits per heavy atom. The number of hydrogen-bond acceptors (Lipinski definition) is 3. The molecule has 0 amide bonds. The van der Waals surface area contributed by atoms with E-state index in [0.717, 1.165) is 146 Å². The Morgan fingerprint density at radius 3 is 1.29 bits per heavy atom. The molecule has 4 bridgehead atoms. The van der Waals surface area contributed by atoms with Gasteiger partial charge in [-0.05, 0) is 62.4 Å². The smallest absolute Gasteiger partial charge is 0.133 e. The number of para-hydroxylation sites is 1. The van der Waals surface area contributed by atoms with Crippen LogP contribution in [0, 0.1) is 16.6 Å². The van der Waals surface area contributed by atoms with Gasteiger partial charge in [-0.15, -0.1) is 0 Å². The van der Waals surface area contributed by atoms with E-state index >= 15 is 0 Å². The highest BCUT2D eigenvalue weighted by molar-refractivity contribution is 9.10. The van der Waals surface area contributed by atoms with E-state index < -0.39 is 11.2 Å². The fourth-order valence-electron chi connectivity index (χ4n) is 12.2. The Balaban J connectivity index is 0.000000189. The number of aliphatic hydroxyl groups is 2. The van der Waals surface area contributed by atoms with Crippen molar-refractivity contribution in [2.75, 3.05) is 52.4 Å². The monoisotopic (exact) mass is 1070 g/mol. The van der Waals surface area contributed by atoms with Crippen LogP contribution in [0.3, 0.4) is 0 Å². The molecule has 0 spiro atoms. The van der Waals surface area contributed by atoms with Crippen molar-refractivity contribution in [3.8, 4) is 5.75 Å². The molecule has 6 aliphatic heterocycles. The number of benzene rings is 6. The van der Waals surface area contributed by atoms with Gasteiger partial charge >= 0.3 is 0 Å². The van der Waals surface area contributed by atoms with Crippen molar-refractivity contribution >= 4 is 15.9 Å². The highest BCUT2D eigenvalue weighted by Gasteiger charge is 2.61. The first-order valence-electron chi connectivity index (χ1n) is 23.1. The van der Waals surface area contributed by atoms with Gasteiger partial charge in [-0.3, -0.25) is 0 Å². The van der Waals surface area contributed by atoms with E-state index in [-0.39, 0.29) is 50.6 Å². The van der Waals surface area contributed by atoms with Crippen molar-refractivity contribution in [3.05, 3.63) is 208 Å². The van der Waals surface area contributed by atoms with Gasteiger partial charge < -0.3 is 57.9 Å². The summed E-state index contributed by atoms with van der Waals surface area (Å²) in [6.45, 7) is 9.25. The molecule has 9 heteroatoms. The molecule has 0 unspecified atom stereocenters. The Kier molecular flexibility index (Phi) is 15.7. The third-order valence-electron chi connectivity index (χ3n) is 16.0. The van der Waals surface area contributed by atoms with Gasteiger partial charge in [0, 0.05) is 61.3 Å². The van der Waals surface area contributed by atoms with E-state index in [9.17, 15) is 14.6 Å². The van der Waals surface area contributed by atoms with Crippen molar-refractivity contribution in [1.82, 2.24) is 0 Å². The number of halogens is 4. The van der Waals surface area contributed by atoms with Crippen LogP contribution in [0.25, 0.3) is 0 Å². The maximum Gasteiger partial charge on any atom is 0.133 e. The van der Waals surface area contributed by atoms with Gasteiger partial charge in [-0.1, -0.05) is 146 Å². The zero-order valence-corrected chi connectivity index (χ0v) is 41.9. The molecule has 6 aromatic rings. The van der Waals surface area contributed by atoms with Crippen LogP contribution >= 0.6 is 15.9 Å². The second kappa shape index (κ2) is 20.7. The SMILES string of the molecule is OC(c1ccccc1)(c1ccccc1)C12CC[N+](CCCOc3ccccc3Br)(CC1)CC2.OC(c1ccccc1)(c1ccccc1)C12CC[N+](Cc3cccc(F)c3)(CC1)CC2.[Br-].[Br-]. The first-order valence-corrected chi connectivity index (χ1v) is 23.9. The van der Waals surface area contributed by atoms with E-state index in [4.69, 9.17) is 4.74 Å². The van der Waals surface area contributed by atoms with Crippen molar-refractivity contribution in [2.24, 2.45) is 10.8 Å². The summed E-state index contributed by atoms with van der Waals surface area (Å²) in [5.74, 6) is 0.765. The molecule has 6 fully saturated rings. The molecule has 6 aromatic carbocycles. The second-order valence-electron chi connectivity index (χ2n) is 19.1. The highest BCUT2D eigenvalue weighted by atomic mass is 79.9. The fourth-order valence-corrected chi connectivity index (χ4v) is 12.6. The highest BCUT2D eigenvalue weighted by Crippen LogP contribution is 2.59. The summed E-state index contributed by atoms with van der Waals surface area (Å²) in [5.41, 5.74) is 2.88. The van der Waals surface area contributed by atoms with E-state index in [2.05, 4.69) is 88.7 Å². The van der Waals surface area contributed by atoms with E-state index in [1.807, 2.05) is 84.9 Å². The van der Waals surface area contributed by atoms with E-state index in [0.29, 0.717) is 0 Å². The molecule has 0 radical (unpaired) electrons. The van der Waals surface area contributed by atoms with E-state index in [1.165, 1.54) is 10.5 Å². The Bertz CT molecular complexity index is 2310. The number of fused-ring (bicyclic) bond motifs is 6. The van der Waals surface area contributed by atoms with Crippen LogP contribution in [0.4, 0.5) is 4.39 Å². The molecule has 6 heterocycles. The summed E-state index contributed by atoms with van der Waals surface area (Å²) in [6.07, 6.45) is 7.14. The van der Waals surface area contributed by atoms with Gasteiger partial charge in [0.05, 0.1) is 56.9 Å². The van der Waals surface area contributed by atoms with Crippen LogP contribution in [-0.4, -0.2) is 71.6 Å². The standard InChI is InChI=1S/C29H33BrNO2.C27H29FNO.2BrH/c30-26-14-7-8-15-27(26)33-23-9-19-31-20-16-28(17-21-31,18-22-31)29(32,24-10-3-1-4-11-24)25-12-5-2-6-13-25;28-25-13-7-8-22(20-25)21-29-17-14-26(15-18-29,16-19-29)27(30,23-9-3-1-4-10-23)24-11-5-2-6-12-24;;/h1-8,10-15,32H,9,16-23H2;1-13,20,30H,14-19,21H2;2*1H/q2*+1;;/p-2. The lowest BCUT2D eigenvalue weighted by Crippen LogP contribution is -3.00. The van der Waals surface area contributed by atoms with Crippen LogP contribution in [0.15, 0.2) is 174 Å². The summed E-state index contributed by atoms with van der Waals surface area (Å²) in [4.78, 5) is 0. The molecule has 65 heavy (non-hydrogen) atoms. The Hall–Kier alpha value is -3.67. The minimum atomic E-state index is -0.995. The summed E-state index contributed by atoms with van der Waals surface area (Å²) in [5, 5.41) is 24.9. The van der Waals surface area contributed by atoms with Crippen LogP contribution < -0.4 is 38.7 Å². The average Bonchev–Trinajstić information content (AvgIpc) is 3.35. The Labute approximate surface area is 415 Å². The van der Waals surface area contributed by atoms with E-state index in [1.54, 1.807) is 6.07 Å². The lowest BCUT2D eigenvalue weighted by Gasteiger charge is -2.60. The van der Waals surface area contributed by atoms with Crippen LogP contribution in [-0.2, 0) is 17.7 Å². The number of nitrogens with zero attached hydrogens (tertiary/aromatic N) is 2. The molecule has 0 atom stereocenters. The van der Waals surface area contributed by atoms with Gasteiger partial charge in [0.15, 0.2) is 0 Å². The zero-order valence-electron chi connectivity index (χ0n) is 37.2. The largest absolute Gasteiger partial charge is 1.00 e. The van der Waals surface area contributed by atoms with Gasteiger partial charge in [-0.2, -0.15) is 0 Å². The third-order valence-corrected chi connectivity index (χ3v) is 16.6. The average molecular weight is 1070 g/mol. The number of ether oxygens (including phenoxy) is 1. The number of quaternary nitrogens is 2.